The van der Waals surface area contributed by atoms with Crippen molar-refractivity contribution < 1.29 is 14.3 Å². The summed E-state index contributed by atoms with van der Waals surface area (Å²) in [7, 11) is 0. The van der Waals surface area contributed by atoms with E-state index in [1.165, 1.54) is 0 Å². The zero-order valence-electron chi connectivity index (χ0n) is 17.4. The van der Waals surface area contributed by atoms with E-state index in [0.717, 1.165) is 16.7 Å². The van der Waals surface area contributed by atoms with Gasteiger partial charge in [-0.05, 0) is 66.4 Å². The molecule has 0 aliphatic carbocycles. The van der Waals surface area contributed by atoms with Gasteiger partial charge in [0, 0.05) is 5.56 Å². The molecule has 0 saturated heterocycles. The highest BCUT2D eigenvalue weighted by molar-refractivity contribution is 7.80. The third kappa shape index (κ3) is 6.57. The molecule has 0 radical (unpaired) electrons. The summed E-state index contributed by atoms with van der Waals surface area (Å²) >= 11 is 5.05. The van der Waals surface area contributed by atoms with E-state index in [-0.39, 0.29) is 23.0 Å². The van der Waals surface area contributed by atoms with E-state index in [9.17, 15) is 9.59 Å². The van der Waals surface area contributed by atoms with E-state index in [2.05, 4.69) is 36.9 Å². The molecular formula is C22H27N3O3S. The Hall–Kier alpha value is -2.93. The largest absolute Gasteiger partial charge is 0.483 e. The summed E-state index contributed by atoms with van der Waals surface area (Å²) in [5.41, 5.74) is 8.59. The first-order valence-electron chi connectivity index (χ1n) is 9.27. The summed E-state index contributed by atoms with van der Waals surface area (Å²) in [5.74, 6) is -0.129. The quantitative estimate of drug-likeness (QED) is 0.529. The first-order valence-corrected chi connectivity index (χ1v) is 9.68. The third-order valence-electron chi connectivity index (χ3n) is 4.47. The molecule has 0 spiro atoms. The molecule has 0 bridgehead atoms. The zero-order chi connectivity index (χ0) is 21.6. The van der Waals surface area contributed by atoms with E-state index < -0.39 is 5.91 Å². The number of ether oxygens (including phenoxy) is 1. The SMILES string of the molecule is Cc1cccc(OCC(=O)NNC(=S)NC(=O)c2ccc(C(C)(C)C)cc2)c1C. The molecule has 3 N–H and O–H groups in total. The van der Waals surface area contributed by atoms with Gasteiger partial charge in [0.2, 0.25) is 0 Å². The number of aryl methyl sites for hydroxylation is 1. The van der Waals surface area contributed by atoms with E-state index >= 15 is 0 Å². The number of carbonyl (C=O) groups is 2. The number of amides is 2. The third-order valence-corrected chi connectivity index (χ3v) is 4.67. The van der Waals surface area contributed by atoms with Crippen molar-refractivity contribution in [2.45, 2.75) is 40.0 Å². The summed E-state index contributed by atoms with van der Waals surface area (Å²) < 4.78 is 5.52. The van der Waals surface area contributed by atoms with Crippen molar-refractivity contribution in [1.82, 2.24) is 16.2 Å². The van der Waals surface area contributed by atoms with Crippen molar-refractivity contribution in [2.24, 2.45) is 0 Å². The fraction of sp³-hybridized carbons (Fsp3) is 0.318. The Balaban J connectivity index is 1.79. The number of nitrogens with one attached hydrogen (secondary N) is 3. The van der Waals surface area contributed by atoms with Crippen LogP contribution in [-0.4, -0.2) is 23.5 Å². The Morgan fingerprint density at radius 2 is 1.66 bits per heavy atom. The van der Waals surface area contributed by atoms with Gasteiger partial charge in [-0.2, -0.15) is 0 Å². The topological polar surface area (TPSA) is 79.5 Å². The minimum absolute atomic E-state index is 0.00464. The van der Waals surface area contributed by atoms with Crippen molar-refractivity contribution in [3.8, 4) is 5.75 Å². The van der Waals surface area contributed by atoms with E-state index in [1.807, 2.05) is 38.1 Å². The van der Waals surface area contributed by atoms with Crippen molar-refractivity contribution in [3.63, 3.8) is 0 Å². The lowest BCUT2D eigenvalue weighted by Gasteiger charge is -2.19. The average molecular weight is 414 g/mol. The molecule has 2 aromatic carbocycles. The van der Waals surface area contributed by atoms with Gasteiger partial charge in [-0.3, -0.25) is 25.8 Å². The number of hydrogen-bond donors (Lipinski definition) is 3. The van der Waals surface area contributed by atoms with Gasteiger partial charge >= 0.3 is 0 Å². The summed E-state index contributed by atoms with van der Waals surface area (Å²) in [5, 5.41) is 2.52. The monoisotopic (exact) mass is 413 g/mol. The second kappa shape index (κ2) is 9.52. The van der Waals surface area contributed by atoms with Crippen LogP contribution in [0, 0.1) is 13.8 Å². The van der Waals surface area contributed by atoms with Crippen LogP contribution in [0.4, 0.5) is 0 Å². The van der Waals surface area contributed by atoms with Gasteiger partial charge in [-0.25, -0.2) is 0 Å². The Labute approximate surface area is 177 Å². The van der Waals surface area contributed by atoms with Gasteiger partial charge in [0.1, 0.15) is 5.75 Å². The van der Waals surface area contributed by atoms with Crippen LogP contribution in [0.3, 0.4) is 0 Å². The molecule has 2 aromatic rings. The minimum Gasteiger partial charge on any atom is -0.483 e. The van der Waals surface area contributed by atoms with E-state index in [0.29, 0.717) is 11.3 Å². The van der Waals surface area contributed by atoms with Crippen LogP contribution in [0.2, 0.25) is 0 Å². The molecule has 0 atom stereocenters. The molecule has 2 amide bonds. The predicted molar refractivity (Wildman–Crippen MR) is 118 cm³/mol. The maximum absolute atomic E-state index is 12.3. The summed E-state index contributed by atoms with van der Waals surface area (Å²) in [6.45, 7) is 10.0. The summed E-state index contributed by atoms with van der Waals surface area (Å²) in [6.07, 6.45) is 0. The minimum atomic E-state index is -0.419. The lowest BCUT2D eigenvalue weighted by molar-refractivity contribution is -0.123. The molecule has 0 unspecified atom stereocenters. The average Bonchev–Trinajstić information content (AvgIpc) is 2.67. The molecular weight excluding hydrogens is 386 g/mol. The molecule has 7 heteroatoms. The summed E-state index contributed by atoms with van der Waals surface area (Å²) in [4.78, 5) is 24.2. The second-order valence-corrected chi connectivity index (χ2v) is 8.18. The molecule has 6 nitrogen and oxygen atoms in total. The molecule has 0 saturated carbocycles. The first kappa shape index (κ1) is 22.4. The number of thiocarbonyl (C=S) groups is 1. The molecule has 29 heavy (non-hydrogen) atoms. The van der Waals surface area contributed by atoms with Crippen molar-refractivity contribution in [1.29, 1.82) is 0 Å². The van der Waals surface area contributed by atoms with Crippen molar-refractivity contribution in [3.05, 3.63) is 64.7 Å². The Bertz CT molecular complexity index is 903. The molecule has 0 fully saturated rings. The van der Waals surface area contributed by atoms with E-state index in [4.69, 9.17) is 17.0 Å². The van der Waals surface area contributed by atoms with Crippen LogP contribution >= 0.6 is 12.2 Å². The van der Waals surface area contributed by atoms with Crippen LogP contribution in [0.5, 0.6) is 5.75 Å². The highest BCUT2D eigenvalue weighted by Crippen LogP contribution is 2.22. The number of rotatable bonds is 4. The van der Waals surface area contributed by atoms with Crippen LogP contribution in [0.15, 0.2) is 42.5 Å². The number of carbonyl (C=O) groups excluding carboxylic acids is 2. The van der Waals surface area contributed by atoms with Crippen LogP contribution in [0.25, 0.3) is 0 Å². The fourth-order valence-electron chi connectivity index (χ4n) is 2.51. The molecule has 0 aliphatic heterocycles. The second-order valence-electron chi connectivity index (χ2n) is 7.77. The van der Waals surface area contributed by atoms with E-state index in [1.54, 1.807) is 18.2 Å². The Kier molecular flexibility index (Phi) is 7.34. The molecule has 0 aliphatic rings. The van der Waals surface area contributed by atoms with Gasteiger partial charge in [0.05, 0.1) is 0 Å². The predicted octanol–water partition coefficient (Wildman–Crippen LogP) is 3.32. The summed E-state index contributed by atoms with van der Waals surface area (Å²) in [6, 6.07) is 13.0. The van der Waals surface area contributed by atoms with Crippen LogP contribution in [0.1, 0.15) is 47.8 Å². The number of hydrazine groups is 1. The van der Waals surface area contributed by atoms with Crippen LogP contribution < -0.4 is 20.9 Å². The Morgan fingerprint density at radius 3 is 2.28 bits per heavy atom. The number of benzene rings is 2. The van der Waals surface area contributed by atoms with Gasteiger partial charge in [0.15, 0.2) is 11.7 Å². The lowest BCUT2D eigenvalue weighted by Crippen LogP contribution is -2.49. The van der Waals surface area contributed by atoms with Gasteiger partial charge in [0.25, 0.3) is 11.8 Å². The first-order chi connectivity index (χ1) is 13.6. The zero-order valence-corrected chi connectivity index (χ0v) is 18.2. The van der Waals surface area contributed by atoms with Gasteiger partial charge < -0.3 is 4.74 Å². The number of hydrogen-bond acceptors (Lipinski definition) is 4. The fourth-order valence-corrected chi connectivity index (χ4v) is 2.66. The van der Waals surface area contributed by atoms with Gasteiger partial charge in [-0.1, -0.05) is 45.0 Å². The normalized spacial score (nSPS) is 10.8. The smallest absolute Gasteiger partial charge is 0.276 e. The maximum Gasteiger partial charge on any atom is 0.276 e. The van der Waals surface area contributed by atoms with Crippen LogP contribution in [-0.2, 0) is 10.2 Å². The Morgan fingerprint density at radius 1 is 1.00 bits per heavy atom. The van der Waals surface area contributed by atoms with Gasteiger partial charge in [-0.15, -0.1) is 0 Å². The highest BCUT2D eigenvalue weighted by atomic mass is 32.1. The standard InChI is InChI=1S/C22H27N3O3S/c1-14-7-6-8-18(15(14)2)28-13-19(26)24-25-21(29)23-20(27)16-9-11-17(12-10-16)22(3,4)5/h6-12H,13H2,1-5H3,(H,24,26)(H2,23,25,27,29). The molecule has 154 valence electrons. The molecule has 0 heterocycles. The lowest BCUT2D eigenvalue weighted by atomic mass is 9.87. The maximum atomic E-state index is 12.3. The molecule has 2 rings (SSSR count). The van der Waals surface area contributed by atoms with Crippen molar-refractivity contribution in [2.75, 3.05) is 6.61 Å². The van der Waals surface area contributed by atoms with Crippen molar-refractivity contribution >= 4 is 29.1 Å². The molecule has 0 aromatic heterocycles. The highest BCUT2D eigenvalue weighted by Gasteiger charge is 2.15.